The Bertz CT molecular complexity index is 488. The van der Waals surface area contributed by atoms with Crippen molar-refractivity contribution in [3.05, 3.63) is 28.2 Å². The summed E-state index contributed by atoms with van der Waals surface area (Å²) in [5.41, 5.74) is 7.53. The number of halogens is 1. The van der Waals surface area contributed by atoms with Crippen LogP contribution in [-0.2, 0) is 16.4 Å². The molecule has 96 valence electrons. The van der Waals surface area contributed by atoms with E-state index in [1.54, 1.807) is 0 Å². The smallest absolute Gasteiger partial charge is 0.148 e. The van der Waals surface area contributed by atoms with Crippen LogP contribution in [0.1, 0.15) is 5.56 Å². The van der Waals surface area contributed by atoms with Gasteiger partial charge in [-0.2, -0.15) is 0 Å². The van der Waals surface area contributed by atoms with E-state index in [1.807, 2.05) is 30.1 Å². The number of nitrogen functional groups attached to an aromatic ring is 1. The van der Waals surface area contributed by atoms with Gasteiger partial charge in [0.05, 0.1) is 5.75 Å². The van der Waals surface area contributed by atoms with E-state index in [1.165, 1.54) is 6.26 Å². The minimum absolute atomic E-state index is 0.170. The molecule has 0 atom stereocenters. The molecule has 17 heavy (non-hydrogen) atoms. The molecule has 0 saturated carbocycles. The average Bonchev–Trinajstić information content (AvgIpc) is 2.21. The van der Waals surface area contributed by atoms with Crippen LogP contribution in [0.15, 0.2) is 22.7 Å². The molecule has 2 N–H and O–H groups in total. The Morgan fingerprint density at radius 1 is 1.41 bits per heavy atom. The third-order valence-electron chi connectivity index (χ3n) is 2.39. The van der Waals surface area contributed by atoms with Gasteiger partial charge in [0.15, 0.2) is 0 Å². The number of benzene rings is 1. The zero-order chi connectivity index (χ0) is 13.1. The van der Waals surface area contributed by atoms with Gasteiger partial charge in [-0.25, -0.2) is 8.42 Å². The second kappa shape index (κ2) is 5.84. The molecule has 0 aliphatic rings. The van der Waals surface area contributed by atoms with Crippen molar-refractivity contribution in [2.45, 2.75) is 6.54 Å². The first-order valence-electron chi connectivity index (χ1n) is 5.19. The van der Waals surface area contributed by atoms with Crippen molar-refractivity contribution in [2.24, 2.45) is 0 Å². The van der Waals surface area contributed by atoms with Crippen molar-refractivity contribution < 1.29 is 8.42 Å². The molecule has 0 amide bonds. The van der Waals surface area contributed by atoms with Crippen LogP contribution in [0, 0.1) is 0 Å². The first-order chi connectivity index (χ1) is 7.79. The number of anilines is 1. The van der Waals surface area contributed by atoms with Gasteiger partial charge in [0.2, 0.25) is 0 Å². The minimum atomic E-state index is -2.91. The fraction of sp³-hybridized carbons (Fsp3) is 0.455. The molecule has 1 aromatic carbocycles. The molecule has 0 radical (unpaired) electrons. The molecule has 4 nitrogen and oxygen atoms in total. The lowest BCUT2D eigenvalue weighted by Crippen LogP contribution is -2.25. The van der Waals surface area contributed by atoms with E-state index in [9.17, 15) is 8.42 Å². The van der Waals surface area contributed by atoms with Gasteiger partial charge in [-0.3, -0.25) is 0 Å². The molecular weight excluding hydrogens is 304 g/mol. The van der Waals surface area contributed by atoms with Crippen molar-refractivity contribution in [2.75, 3.05) is 31.3 Å². The predicted molar refractivity (Wildman–Crippen MR) is 74.6 cm³/mol. The average molecular weight is 321 g/mol. The minimum Gasteiger partial charge on any atom is -0.398 e. The van der Waals surface area contributed by atoms with Crippen LogP contribution in [0.2, 0.25) is 0 Å². The summed E-state index contributed by atoms with van der Waals surface area (Å²) in [5, 5.41) is 0. The van der Waals surface area contributed by atoms with Gasteiger partial charge >= 0.3 is 0 Å². The summed E-state index contributed by atoms with van der Waals surface area (Å²) in [6, 6.07) is 5.68. The molecule has 0 heterocycles. The summed E-state index contributed by atoms with van der Waals surface area (Å²) in [4.78, 5) is 1.96. The van der Waals surface area contributed by atoms with Crippen molar-refractivity contribution >= 4 is 31.5 Å². The molecule has 0 saturated heterocycles. The quantitative estimate of drug-likeness (QED) is 0.835. The largest absolute Gasteiger partial charge is 0.398 e. The highest BCUT2D eigenvalue weighted by Crippen LogP contribution is 2.24. The van der Waals surface area contributed by atoms with Crippen molar-refractivity contribution in [3.8, 4) is 0 Å². The van der Waals surface area contributed by atoms with Gasteiger partial charge in [0.1, 0.15) is 9.84 Å². The Kier molecular flexibility index (Phi) is 4.97. The van der Waals surface area contributed by atoms with E-state index in [-0.39, 0.29) is 5.75 Å². The lowest BCUT2D eigenvalue weighted by molar-refractivity contribution is 0.345. The second-order valence-corrected chi connectivity index (χ2v) is 7.24. The van der Waals surface area contributed by atoms with Crippen LogP contribution in [0.25, 0.3) is 0 Å². The molecule has 0 fully saturated rings. The Labute approximate surface area is 111 Å². The molecular formula is C11H17BrN2O2S. The second-order valence-electron chi connectivity index (χ2n) is 4.19. The summed E-state index contributed by atoms with van der Waals surface area (Å²) in [6.45, 7) is 1.18. The summed E-state index contributed by atoms with van der Waals surface area (Å²) in [5.74, 6) is 0.170. The Balaban J connectivity index is 2.62. The van der Waals surface area contributed by atoms with Crippen molar-refractivity contribution in [1.82, 2.24) is 4.90 Å². The Hall–Kier alpha value is -0.590. The maximum Gasteiger partial charge on any atom is 0.148 e. The molecule has 0 bridgehead atoms. The normalized spacial score (nSPS) is 12.0. The van der Waals surface area contributed by atoms with Crippen molar-refractivity contribution in [3.63, 3.8) is 0 Å². The highest BCUT2D eigenvalue weighted by Gasteiger charge is 2.08. The van der Waals surface area contributed by atoms with E-state index in [0.29, 0.717) is 18.8 Å². The Morgan fingerprint density at radius 2 is 2.06 bits per heavy atom. The van der Waals surface area contributed by atoms with Crippen LogP contribution < -0.4 is 5.73 Å². The monoisotopic (exact) mass is 320 g/mol. The van der Waals surface area contributed by atoms with Crippen LogP contribution >= 0.6 is 15.9 Å². The molecule has 1 aromatic rings. The first kappa shape index (κ1) is 14.5. The number of rotatable bonds is 5. The highest BCUT2D eigenvalue weighted by molar-refractivity contribution is 9.10. The molecule has 0 spiro atoms. The van der Waals surface area contributed by atoms with Gasteiger partial charge in [0.25, 0.3) is 0 Å². The zero-order valence-corrected chi connectivity index (χ0v) is 12.4. The standard InChI is InChI=1S/C11H17BrN2O2S/c1-14(6-7-17(2,15)16)8-9-4-3-5-10(13)11(9)12/h3-5H,6-8,13H2,1-2H3. The molecule has 0 unspecified atom stereocenters. The van der Waals surface area contributed by atoms with Crippen LogP contribution in [0.5, 0.6) is 0 Å². The lowest BCUT2D eigenvalue weighted by atomic mass is 10.2. The fourth-order valence-electron chi connectivity index (χ4n) is 1.41. The summed E-state index contributed by atoms with van der Waals surface area (Å²) in [7, 11) is -1.02. The highest BCUT2D eigenvalue weighted by atomic mass is 79.9. The van der Waals surface area contributed by atoms with Gasteiger partial charge in [-0.05, 0) is 34.6 Å². The third-order valence-corrected chi connectivity index (χ3v) is 4.28. The van der Waals surface area contributed by atoms with Gasteiger partial charge in [-0.15, -0.1) is 0 Å². The van der Waals surface area contributed by atoms with E-state index in [0.717, 1.165) is 10.0 Å². The maximum absolute atomic E-state index is 11.1. The number of nitrogens with zero attached hydrogens (tertiary/aromatic N) is 1. The summed E-state index contributed by atoms with van der Waals surface area (Å²) >= 11 is 3.43. The zero-order valence-electron chi connectivity index (χ0n) is 9.98. The van der Waals surface area contributed by atoms with E-state index in [2.05, 4.69) is 15.9 Å². The van der Waals surface area contributed by atoms with E-state index in [4.69, 9.17) is 5.73 Å². The number of sulfone groups is 1. The molecule has 6 heteroatoms. The third kappa shape index (κ3) is 5.06. The molecule has 0 aromatic heterocycles. The van der Waals surface area contributed by atoms with Gasteiger partial charge in [-0.1, -0.05) is 12.1 Å². The van der Waals surface area contributed by atoms with Crippen LogP contribution in [-0.4, -0.2) is 38.9 Å². The molecule has 0 aliphatic carbocycles. The topological polar surface area (TPSA) is 63.4 Å². The number of nitrogens with two attached hydrogens (primary N) is 1. The van der Waals surface area contributed by atoms with Crippen LogP contribution in [0.4, 0.5) is 5.69 Å². The predicted octanol–water partition coefficient (Wildman–Crippen LogP) is 1.51. The van der Waals surface area contributed by atoms with E-state index >= 15 is 0 Å². The lowest BCUT2D eigenvalue weighted by Gasteiger charge is -2.17. The molecule has 0 aliphatic heterocycles. The number of hydrogen-bond donors (Lipinski definition) is 1. The Morgan fingerprint density at radius 3 is 2.65 bits per heavy atom. The summed E-state index contributed by atoms with van der Waals surface area (Å²) in [6.07, 6.45) is 1.25. The van der Waals surface area contributed by atoms with Gasteiger partial charge in [0, 0.05) is 29.5 Å². The van der Waals surface area contributed by atoms with Crippen LogP contribution in [0.3, 0.4) is 0 Å². The SMILES string of the molecule is CN(CCS(C)(=O)=O)Cc1cccc(N)c1Br. The maximum atomic E-state index is 11.1. The number of hydrogen-bond acceptors (Lipinski definition) is 4. The fourth-order valence-corrected chi connectivity index (χ4v) is 2.45. The van der Waals surface area contributed by atoms with Gasteiger partial charge < -0.3 is 10.6 Å². The van der Waals surface area contributed by atoms with E-state index < -0.39 is 9.84 Å². The first-order valence-corrected chi connectivity index (χ1v) is 8.04. The van der Waals surface area contributed by atoms with Crippen molar-refractivity contribution in [1.29, 1.82) is 0 Å². The molecule has 1 rings (SSSR count). The summed E-state index contributed by atoms with van der Waals surface area (Å²) < 4.78 is 23.0.